The van der Waals surface area contributed by atoms with Crippen molar-refractivity contribution in [1.29, 1.82) is 0 Å². The first-order chi connectivity index (χ1) is 16.5. The van der Waals surface area contributed by atoms with E-state index in [9.17, 15) is 4.79 Å². The number of ether oxygens (including phenoxy) is 7. The highest BCUT2D eigenvalue weighted by Crippen LogP contribution is 2.08. The van der Waals surface area contributed by atoms with E-state index >= 15 is 0 Å². The minimum absolute atomic E-state index is 0.00288. The summed E-state index contributed by atoms with van der Waals surface area (Å²) >= 11 is 0. The summed E-state index contributed by atoms with van der Waals surface area (Å²) in [4.78, 5) is 11.8. The van der Waals surface area contributed by atoms with E-state index in [1.165, 1.54) is 0 Å². The second-order valence-corrected chi connectivity index (χ2v) is 9.60. The Bertz CT molecular complexity index is 519. The van der Waals surface area contributed by atoms with Crippen molar-refractivity contribution in [3.05, 3.63) is 0 Å². The normalized spacial score (nSPS) is 18.8. The maximum atomic E-state index is 11.8. The van der Waals surface area contributed by atoms with Crippen LogP contribution in [0.1, 0.15) is 68.7 Å². The fourth-order valence-electron chi connectivity index (χ4n) is 2.61. The van der Waals surface area contributed by atoms with Crippen molar-refractivity contribution in [3.8, 4) is 0 Å². The number of rotatable bonds is 22. The number of hydrogen-bond donors (Lipinski definition) is 1. The van der Waals surface area contributed by atoms with Gasteiger partial charge in [0.25, 0.3) is 0 Å². The Kier molecular flexibility index (Phi) is 19.8. The molecule has 0 aliphatic rings. The van der Waals surface area contributed by atoms with Crippen molar-refractivity contribution in [2.24, 2.45) is 5.92 Å². The maximum absolute atomic E-state index is 11.8. The molecule has 8 atom stereocenters. The largest absolute Gasteiger partial charge is 0.460 e. The lowest BCUT2D eigenvalue weighted by Gasteiger charge is -2.23. The van der Waals surface area contributed by atoms with E-state index in [1.807, 2.05) is 62.3 Å². The average molecular weight is 509 g/mol. The third kappa shape index (κ3) is 19.0. The first-order valence-electron chi connectivity index (χ1n) is 13.0. The molecule has 1 N–H and O–H groups in total. The van der Waals surface area contributed by atoms with Gasteiger partial charge in [-0.25, -0.2) is 0 Å². The minimum Gasteiger partial charge on any atom is -0.460 e. The number of esters is 1. The molecule has 0 fully saturated rings. The van der Waals surface area contributed by atoms with Gasteiger partial charge in [-0.1, -0.05) is 13.8 Å². The molecule has 0 radical (unpaired) electrons. The molecule has 0 rings (SSSR count). The summed E-state index contributed by atoms with van der Waals surface area (Å²) < 4.78 is 39.7. The average Bonchev–Trinajstić information content (AvgIpc) is 2.84. The third-order valence-electron chi connectivity index (χ3n) is 5.28. The zero-order valence-electron chi connectivity index (χ0n) is 23.5. The van der Waals surface area contributed by atoms with Crippen LogP contribution in [0.3, 0.4) is 0 Å². The summed E-state index contributed by atoms with van der Waals surface area (Å²) in [6.45, 7) is 19.7. The van der Waals surface area contributed by atoms with Crippen molar-refractivity contribution in [2.45, 2.75) is 111 Å². The number of aliphatic hydroxyl groups is 1. The summed E-state index contributed by atoms with van der Waals surface area (Å²) in [5, 5.41) is 8.98. The van der Waals surface area contributed by atoms with Crippen LogP contribution in [-0.2, 0) is 38.0 Å². The Hall–Kier alpha value is -0.810. The quantitative estimate of drug-likeness (QED) is 0.220. The van der Waals surface area contributed by atoms with Crippen LogP contribution in [0.25, 0.3) is 0 Å². The highest BCUT2D eigenvalue weighted by Gasteiger charge is 2.17. The van der Waals surface area contributed by atoms with Gasteiger partial charge in [-0.3, -0.25) is 4.79 Å². The second-order valence-electron chi connectivity index (χ2n) is 9.60. The molecule has 0 aliphatic heterocycles. The first kappa shape index (κ1) is 34.2. The van der Waals surface area contributed by atoms with Crippen LogP contribution in [0.15, 0.2) is 0 Å². The Morgan fingerprint density at radius 1 is 0.543 bits per heavy atom. The molecular formula is C26H52O9. The van der Waals surface area contributed by atoms with Crippen molar-refractivity contribution in [1.82, 2.24) is 0 Å². The van der Waals surface area contributed by atoms with Crippen LogP contribution >= 0.6 is 0 Å². The van der Waals surface area contributed by atoms with Crippen LogP contribution in [0.5, 0.6) is 0 Å². The maximum Gasteiger partial charge on any atom is 0.308 e. The van der Waals surface area contributed by atoms with Crippen molar-refractivity contribution in [2.75, 3.05) is 46.2 Å². The summed E-state index contributed by atoms with van der Waals surface area (Å²) in [6, 6.07) is 0. The topological polar surface area (TPSA) is 102 Å². The number of carbonyl (C=O) groups excluding carboxylic acids is 1. The molecule has 9 nitrogen and oxygen atoms in total. The lowest BCUT2D eigenvalue weighted by molar-refractivity contribution is -0.157. The number of hydrogen-bond acceptors (Lipinski definition) is 9. The van der Waals surface area contributed by atoms with Gasteiger partial charge < -0.3 is 38.3 Å². The summed E-state index contributed by atoms with van der Waals surface area (Å²) in [7, 11) is 0. The minimum atomic E-state index is -0.292. The molecule has 0 aromatic heterocycles. The number of carbonyl (C=O) groups is 1. The predicted molar refractivity (Wildman–Crippen MR) is 135 cm³/mol. The van der Waals surface area contributed by atoms with E-state index in [1.54, 1.807) is 0 Å². The molecule has 210 valence electrons. The van der Waals surface area contributed by atoms with Gasteiger partial charge in [-0.15, -0.1) is 0 Å². The SMILES string of the molecule is CCC(C)C(=O)OC(C)COC(C)COC(C)COC(C)COC(C)COC(C)COC(C)CO. The standard InChI is InChI=1S/C26H52O9/c1-10-18(2)26(28)35-25(9)17-34-24(8)16-33-23(7)15-32-22(6)14-31-21(5)13-30-20(4)12-29-19(3)11-27/h18-25,27H,10-17H2,1-9H3. The van der Waals surface area contributed by atoms with Crippen LogP contribution in [-0.4, -0.2) is 100 Å². The van der Waals surface area contributed by atoms with Gasteiger partial charge in [-0.05, 0) is 54.9 Å². The summed E-state index contributed by atoms with van der Waals surface area (Å²) in [5.74, 6) is -0.287. The van der Waals surface area contributed by atoms with E-state index < -0.39 is 0 Å². The lowest BCUT2D eigenvalue weighted by Crippen LogP contribution is -2.30. The van der Waals surface area contributed by atoms with Crippen LogP contribution in [0, 0.1) is 5.92 Å². The molecule has 0 aliphatic carbocycles. The second kappa shape index (κ2) is 20.3. The zero-order valence-corrected chi connectivity index (χ0v) is 23.5. The molecule has 9 heteroatoms. The van der Waals surface area contributed by atoms with Gasteiger partial charge in [0.15, 0.2) is 0 Å². The Morgan fingerprint density at radius 2 is 0.829 bits per heavy atom. The first-order valence-corrected chi connectivity index (χ1v) is 13.0. The molecule has 8 unspecified atom stereocenters. The Morgan fingerprint density at radius 3 is 1.11 bits per heavy atom. The number of aliphatic hydroxyl groups excluding tert-OH is 1. The van der Waals surface area contributed by atoms with Crippen LogP contribution in [0.2, 0.25) is 0 Å². The van der Waals surface area contributed by atoms with Crippen LogP contribution in [0.4, 0.5) is 0 Å². The highest BCUT2D eigenvalue weighted by molar-refractivity contribution is 5.72. The molecule has 35 heavy (non-hydrogen) atoms. The molecule has 0 saturated carbocycles. The summed E-state index contributed by atoms with van der Waals surface area (Å²) in [5.41, 5.74) is 0. The monoisotopic (exact) mass is 508 g/mol. The van der Waals surface area contributed by atoms with E-state index in [2.05, 4.69) is 0 Å². The van der Waals surface area contributed by atoms with Gasteiger partial charge in [0.05, 0.1) is 88.8 Å². The van der Waals surface area contributed by atoms with Gasteiger partial charge in [0.1, 0.15) is 6.10 Å². The molecule has 0 spiro atoms. The van der Waals surface area contributed by atoms with Crippen molar-refractivity contribution >= 4 is 5.97 Å². The van der Waals surface area contributed by atoms with E-state index in [0.29, 0.717) is 39.6 Å². The highest BCUT2D eigenvalue weighted by atomic mass is 16.6. The summed E-state index contributed by atoms with van der Waals surface area (Å²) in [6.07, 6.45) is -0.159. The third-order valence-corrected chi connectivity index (χ3v) is 5.28. The lowest BCUT2D eigenvalue weighted by atomic mass is 10.1. The fraction of sp³-hybridized carbons (Fsp3) is 0.962. The van der Waals surface area contributed by atoms with E-state index in [4.69, 9.17) is 38.3 Å². The Balaban J connectivity index is 3.90. The molecule has 0 aromatic carbocycles. The van der Waals surface area contributed by atoms with Gasteiger partial charge in [0, 0.05) is 0 Å². The van der Waals surface area contributed by atoms with Gasteiger partial charge >= 0.3 is 5.97 Å². The molecule has 0 amide bonds. The Labute approximate surface area is 213 Å². The smallest absolute Gasteiger partial charge is 0.308 e. The van der Waals surface area contributed by atoms with Crippen molar-refractivity contribution < 1.29 is 43.1 Å². The molecular weight excluding hydrogens is 456 g/mol. The van der Waals surface area contributed by atoms with Crippen LogP contribution < -0.4 is 0 Å². The van der Waals surface area contributed by atoms with Crippen molar-refractivity contribution in [3.63, 3.8) is 0 Å². The fourth-order valence-corrected chi connectivity index (χ4v) is 2.61. The molecule has 0 saturated heterocycles. The molecule has 0 bridgehead atoms. The van der Waals surface area contributed by atoms with Gasteiger partial charge in [-0.2, -0.15) is 0 Å². The van der Waals surface area contributed by atoms with E-state index in [-0.39, 0.29) is 61.2 Å². The predicted octanol–water partition coefficient (Wildman–Crippen LogP) is 3.39. The van der Waals surface area contributed by atoms with Gasteiger partial charge in [0.2, 0.25) is 0 Å². The zero-order chi connectivity index (χ0) is 26.8. The molecule has 0 aromatic rings. The molecule has 0 heterocycles. The van der Waals surface area contributed by atoms with E-state index in [0.717, 1.165) is 6.42 Å².